The summed E-state index contributed by atoms with van der Waals surface area (Å²) < 4.78 is 13.1. The molecule has 0 aromatic heterocycles. The van der Waals surface area contributed by atoms with E-state index in [1.165, 1.54) is 12.1 Å². The number of aliphatic hydroxyl groups is 1. The SMILES string of the molecule is OCc1ccc(C#CCCCl)cc1F. The van der Waals surface area contributed by atoms with E-state index in [1.807, 2.05) is 0 Å². The number of benzene rings is 1. The number of rotatable bonds is 2. The maximum absolute atomic E-state index is 13.1. The highest BCUT2D eigenvalue weighted by Crippen LogP contribution is 2.09. The van der Waals surface area contributed by atoms with Gasteiger partial charge in [0.05, 0.1) is 6.61 Å². The Kier molecular flexibility index (Phi) is 4.45. The van der Waals surface area contributed by atoms with Crippen LogP contribution in [-0.2, 0) is 6.61 Å². The fourth-order valence-electron chi connectivity index (χ4n) is 0.965. The maximum Gasteiger partial charge on any atom is 0.129 e. The third-order valence-corrected chi connectivity index (χ3v) is 1.86. The average molecular weight is 213 g/mol. The van der Waals surface area contributed by atoms with Crippen LogP contribution < -0.4 is 0 Å². The van der Waals surface area contributed by atoms with Gasteiger partial charge in [0.1, 0.15) is 5.82 Å². The third-order valence-electron chi connectivity index (χ3n) is 1.68. The Balaban J connectivity index is 2.82. The summed E-state index contributed by atoms with van der Waals surface area (Å²) in [5.74, 6) is 5.64. The predicted octanol–water partition coefficient (Wildman–Crippen LogP) is 2.30. The molecule has 0 aliphatic carbocycles. The van der Waals surface area contributed by atoms with E-state index in [0.717, 1.165) is 0 Å². The van der Waals surface area contributed by atoms with Crippen molar-refractivity contribution < 1.29 is 9.50 Å². The summed E-state index contributed by atoms with van der Waals surface area (Å²) in [6.07, 6.45) is 0.588. The minimum Gasteiger partial charge on any atom is -0.392 e. The molecule has 0 atom stereocenters. The Labute approximate surface area is 87.5 Å². The van der Waals surface area contributed by atoms with Gasteiger partial charge in [0, 0.05) is 23.4 Å². The number of hydrogen-bond acceptors (Lipinski definition) is 1. The second kappa shape index (κ2) is 5.64. The Morgan fingerprint density at radius 1 is 1.43 bits per heavy atom. The Hall–Kier alpha value is -1.04. The first-order chi connectivity index (χ1) is 6.77. The highest BCUT2D eigenvalue weighted by Gasteiger charge is 1.99. The molecular weight excluding hydrogens is 203 g/mol. The van der Waals surface area contributed by atoms with Gasteiger partial charge in [0.15, 0.2) is 0 Å². The first-order valence-electron chi connectivity index (χ1n) is 4.22. The summed E-state index contributed by atoms with van der Waals surface area (Å²) in [5, 5.41) is 8.73. The van der Waals surface area contributed by atoms with Crippen LogP contribution in [0.4, 0.5) is 4.39 Å². The van der Waals surface area contributed by atoms with E-state index in [1.54, 1.807) is 6.07 Å². The smallest absolute Gasteiger partial charge is 0.129 e. The lowest BCUT2D eigenvalue weighted by atomic mass is 10.1. The zero-order chi connectivity index (χ0) is 10.4. The van der Waals surface area contributed by atoms with Crippen LogP contribution in [0.1, 0.15) is 17.5 Å². The molecule has 0 aliphatic rings. The van der Waals surface area contributed by atoms with Gasteiger partial charge >= 0.3 is 0 Å². The van der Waals surface area contributed by atoms with Crippen LogP contribution in [0.15, 0.2) is 18.2 Å². The van der Waals surface area contributed by atoms with Gasteiger partial charge in [-0.15, -0.1) is 11.6 Å². The van der Waals surface area contributed by atoms with E-state index >= 15 is 0 Å². The summed E-state index contributed by atoms with van der Waals surface area (Å²) in [7, 11) is 0. The molecule has 0 bridgehead atoms. The van der Waals surface area contributed by atoms with Crippen molar-refractivity contribution >= 4 is 11.6 Å². The van der Waals surface area contributed by atoms with Crippen LogP contribution in [-0.4, -0.2) is 11.0 Å². The van der Waals surface area contributed by atoms with Crippen molar-refractivity contribution in [3.63, 3.8) is 0 Å². The van der Waals surface area contributed by atoms with Gasteiger partial charge in [-0.05, 0) is 12.1 Å². The summed E-state index contributed by atoms with van der Waals surface area (Å²) in [4.78, 5) is 0. The molecule has 1 N–H and O–H groups in total. The quantitative estimate of drug-likeness (QED) is 0.589. The first-order valence-corrected chi connectivity index (χ1v) is 4.75. The van der Waals surface area contributed by atoms with Crippen molar-refractivity contribution in [3.05, 3.63) is 35.1 Å². The lowest BCUT2D eigenvalue weighted by molar-refractivity contribution is 0.275. The molecule has 0 saturated heterocycles. The Morgan fingerprint density at radius 3 is 2.79 bits per heavy atom. The minimum absolute atomic E-state index is 0.285. The van der Waals surface area contributed by atoms with Gasteiger partial charge in [0.2, 0.25) is 0 Å². The first kappa shape index (κ1) is 11.0. The van der Waals surface area contributed by atoms with Crippen molar-refractivity contribution in [1.82, 2.24) is 0 Å². The largest absolute Gasteiger partial charge is 0.392 e. The molecule has 1 rings (SSSR count). The zero-order valence-electron chi connectivity index (χ0n) is 7.56. The van der Waals surface area contributed by atoms with Crippen molar-refractivity contribution in [2.24, 2.45) is 0 Å². The highest BCUT2D eigenvalue weighted by atomic mass is 35.5. The molecule has 0 saturated carbocycles. The zero-order valence-corrected chi connectivity index (χ0v) is 8.31. The van der Waals surface area contributed by atoms with Crippen molar-refractivity contribution in [2.45, 2.75) is 13.0 Å². The predicted molar refractivity (Wildman–Crippen MR) is 54.5 cm³/mol. The molecule has 1 nitrogen and oxygen atoms in total. The van der Waals surface area contributed by atoms with E-state index in [2.05, 4.69) is 11.8 Å². The molecule has 74 valence electrons. The molecule has 0 spiro atoms. The molecule has 0 unspecified atom stereocenters. The second-order valence-electron chi connectivity index (χ2n) is 2.71. The molecule has 1 aromatic carbocycles. The monoisotopic (exact) mass is 212 g/mol. The Bertz CT molecular complexity index is 365. The van der Waals surface area contributed by atoms with E-state index in [4.69, 9.17) is 16.7 Å². The van der Waals surface area contributed by atoms with Crippen LogP contribution in [0.2, 0.25) is 0 Å². The van der Waals surface area contributed by atoms with Crippen LogP contribution >= 0.6 is 11.6 Å². The third kappa shape index (κ3) is 3.02. The summed E-state index contributed by atoms with van der Waals surface area (Å²) in [5.41, 5.74) is 0.887. The molecule has 3 heteroatoms. The number of aliphatic hydroxyl groups excluding tert-OH is 1. The Morgan fingerprint density at radius 2 is 2.21 bits per heavy atom. The van der Waals surface area contributed by atoms with E-state index in [0.29, 0.717) is 17.9 Å². The van der Waals surface area contributed by atoms with E-state index in [9.17, 15) is 4.39 Å². The maximum atomic E-state index is 13.1. The van der Waals surface area contributed by atoms with E-state index in [-0.39, 0.29) is 12.2 Å². The highest BCUT2D eigenvalue weighted by molar-refractivity contribution is 6.18. The van der Waals surface area contributed by atoms with Crippen molar-refractivity contribution in [2.75, 3.05) is 5.88 Å². The summed E-state index contributed by atoms with van der Waals surface area (Å²) in [6, 6.07) is 4.52. The minimum atomic E-state index is -0.426. The summed E-state index contributed by atoms with van der Waals surface area (Å²) >= 11 is 5.44. The van der Waals surface area contributed by atoms with Crippen LogP contribution in [0, 0.1) is 17.7 Å². The molecule has 1 aromatic rings. The van der Waals surface area contributed by atoms with Gasteiger partial charge in [-0.1, -0.05) is 17.9 Å². The lowest BCUT2D eigenvalue weighted by Crippen LogP contribution is -1.90. The number of halogens is 2. The molecule has 0 aliphatic heterocycles. The van der Waals surface area contributed by atoms with Gasteiger partial charge < -0.3 is 5.11 Å². The van der Waals surface area contributed by atoms with E-state index < -0.39 is 5.82 Å². The van der Waals surface area contributed by atoms with Crippen LogP contribution in [0.3, 0.4) is 0 Å². The topological polar surface area (TPSA) is 20.2 Å². The average Bonchev–Trinajstić information content (AvgIpc) is 2.18. The number of alkyl halides is 1. The molecule has 14 heavy (non-hydrogen) atoms. The molecule has 0 heterocycles. The fourth-order valence-corrected chi connectivity index (χ4v) is 1.06. The van der Waals surface area contributed by atoms with Gasteiger partial charge in [-0.3, -0.25) is 0 Å². The molecule has 0 amide bonds. The van der Waals surface area contributed by atoms with Gasteiger partial charge in [-0.2, -0.15) is 0 Å². The molecule has 0 radical (unpaired) electrons. The second-order valence-corrected chi connectivity index (χ2v) is 3.08. The van der Waals surface area contributed by atoms with Crippen molar-refractivity contribution in [1.29, 1.82) is 0 Å². The fraction of sp³-hybridized carbons (Fsp3) is 0.273. The van der Waals surface area contributed by atoms with Crippen LogP contribution in [0.25, 0.3) is 0 Å². The summed E-state index contributed by atoms with van der Waals surface area (Å²) in [6.45, 7) is -0.290. The molecular formula is C11H10ClFO. The van der Waals surface area contributed by atoms with Gasteiger partial charge in [0.25, 0.3) is 0 Å². The van der Waals surface area contributed by atoms with Crippen molar-refractivity contribution in [3.8, 4) is 11.8 Å². The standard InChI is InChI=1S/C11H10ClFO/c12-6-2-1-3-9-4-5-10(8-14)11(13)7-9/h4-5,7,14H,2,6,8H2. The molecule has 0 fully saturated rings. The number of hydrogen-bond donors (Lipinski definition) is 1. The normalized spacial score (nSPS) is 9.36. The van der Waals surface area contributed by atoms with Crippen LogP contribution in [0.5, 0.6) is 0 Å². The van der Waals surface area contributed by atoms with Gasteiger partial charge in [-0.25, -0.2) is 4.39 Å². The lowest BCUT2D eigenvalue weighted by Gasteiger charge is -1.98.